The van der Waals surface area contributed by atoms with Crippen molar-refractivity contribution in [3.63, 3.8) is 0 Å². The van der Waals surface area contributed by atoms with Crippen LogP contribution >= 0.6 is 23.1 Å². The number of hydrogen-bond donors (Lipinski definition) is 2. The molecule has 31 heavy (non-hydrogen) atoms. The van der Waals surface area contributed by atoms with Crippen LogP contribution in [0.5, 0.6) is 5.75 Å². The maximum atomic E-state index is 5.24. The molecule has 0 aliphatic carbocycles. The van der Waals surface area contributed by atoms with Gasteiger partial charge in [-0.3, -0.25) is 0 Å². The SMILES string of the molecule is C=C1NC(CCCC)CS1.COc1ccc2nc(NCCc3ccc(C)cc3)sc2c1. The number of anilines is 1. The molecule has 1 aliphatic heterocycles. The Hall–Kier alpha value is -2.18. The smallest absolute Gasteiger partial charge is 0.183 e. The second-order valence-corrected chi connectivity index (χ2v) is 9.88. The molecule has 1 unspecified atom stereocenters. The van der Waals surface area contributed by atoms with Gasteiger partial charge in [0.2, 0.25) is 0 Å². The summed E-state index contributed by atoms with van der Waals surface area (Å²) in [5.41, 5.74) is 3.65. The molecule has 1 saturated heterocycles. The lowest BCUT2D eigenvalue weighted by Gasteiger charge is -2.07. The normalized spacial score (nSPS) is 15.3. The molecule has 1 aromatic heterocycles. The van der Waals surface area contributed by atoms with Gasteiger partial charge in [-0.15, -0.1) is 11.8 Å². The minimum atomic E-state index is 0.706. The topological polar surface area (TPSA) is 46.2 Å². The highest BCUT2D eigenvalue weighted by atomic mass is 32.2. The van der Waals surface area contributed by atoms with E-state index in [0.717, 1.165) is 39.1 Å². The third-order valence-electron chi connectivity index (χ3n) is 5.14. The Morgan fingerprint density at radius 2 is 2.03 bits per heavy atom. The van der Waals surface area contributed by atoms with E-state index < -0.39 is 0 Å². The van der Waals surface area contributed by atoms with Crippen LogP contribution in [0.4, 0.5) is 5.13 Å². The fraction of sp³-hybridized carbons (Fsp3) is 0.400. The predicted molar refractivity (Wildman–Crippen MR) is 138 cm³/mol. The molecule has 4 rings (SSSR count). The van der Waals surface area contributed by atoms with Crippen LogP contribution in [0, 0.1) is 6.92 Å². The van der Waals surface area contributed by atoms with Gasteiger partial charge in [0.15, 0.2) is 5.13 Å². The number of ether oxygens (including phenoxy) is 1. The Bertz CT molecular complexity index is 969. The van der Waals surface area contributed by atoms with E-state index in [9.17, 15) is 0 Å². The first kappa shape index (κ1) is 23.5. The number of unbranched alkanes of at least 4 members (excludes halogenated alkanes) is 1. The summed E-state index contributed by atoms with van der Waals surface area (Å²) in [6.07, 6.45) is 4.95. The highest BCUT2D eigenvalue weighted by Crippen LogP contribution is 2.29. The van der Waals surface area contributed by atoms with Crippen molar-refractivity contribution in [2.75, 3.05) is 24.7 Å². The third-order valence-corrected chi connectivity index (χ3v) is 7.15. The van der Waals surface area contributed by atoms with Gasteiger partial charge in [0.1, 0.15) is 5.75 Å². The molecule has 0 spiro atoms. The van der Waals surface area contributed by atoms with Crippen LogP contribution in [0.1, 0.15) is 37.3 Å². The quantitative estimate of drug-likeness (QED) is 0.400. The van der Waals surface area contributed by atoms with E-state index >= 15 is 0 Å². The number of hydrogen-bond acceptors (Lipinski definition) is 6. The summed E-state index contributed by atoms with van der Waals surface area (Å²) in [4.78, 5) is 4.59. The Labute approximate surface area is 194 Å². The van der Waals surface area contributed by atoms with Crippen LogP contribution in [0.15, 0.2) is 54.1 Å². The molecule has 0 saturated carbocycles. The number of aromatic nitrogens is 1. The first-order chi connectivity index (χ1) is 15.1. The molecular weight excluding hydrogens is 422 g/mol. The largest absolute Gasteiger partial charge is 0.497 e. The number of benzene rings is 2. The highest BCUT2D eigenvalue weighted by molar-refractivity contribution is 8.03. The molecule has 3 aromatic rings. The number of nitrogens with zero attached hydrogens (tertiary/aromatic N) is 1. The second-order valence-electron chi connectivity index (χ2n) is 7.73. The van der Waals surface area contributed by atoms with Crippen LogP contribution in [0.25, 0.3) is 10.2 Å². The van der Waals surface area contributed by atoms with E-state index in [2.05, 4.69) is 60.3 Å². The standard InChI is InChI=1S/C17H18N2OS.C8H15NS/c1-12-3-5-13(6-4-12)9-10-18-17-19-15-8-7-14(20-2)11-16(15)21-17;1-3-4-5-8-6-10-7(2)9-8/h3-8,11H,9-10H2,1-2H3,(H,18,19);8-9H,2-6H2,1H3. The zero-order chi connectivity index (χ0) is 22.1. The molecule has 166 valence electrons. The van der Waals surface area contributed by atoms with Crippen molar-refractivity contribution < 1.29 is 4.74 Å². The van der Waals surface area contributed by atoms with Crippen LogP contribution in [0.3, 0.4) is 0 Å². The van der Waals surface area contributed by atoms with Crippen molar-refractivity contribution >= 4 is 38.4 Å². The fourth-order valence-corrected chi connectivity index (χ4v) is 5.12. The lowest BCUT2D eigenvalue weighted by Crippen LogP contribution is -2.21. The lowest BCUT2D eigenvalue weighted by atomic mass is 10.1. The van der Waals surface area contributed by atoms with Gasteiger partial charge in [0, 0.05) is 18.3 Å². The summed E-state index contributed by atoms with van der Waals surface area (Å²) in [5, 5.41) is 8.88. The molecule has 4 nitrogen and oxygen atoms in total. The summed E-state index contributed by atoms with van der Waals surface area (Å²) < 4.78 is 6.38. The molecule has 2 aromatic carbocycles. The first-order valence-corrected chi connectivity index (χ1v) is 12.7. The zero-order valence-corrected chi connectivity index (χ0v) is 20.4. The van der Waals surface area contributed by atoms with Crippen LogP contribution in [-0.4, -0.2) is 30.4 Å². The van der Waals surface area contributed by atoms with Crippen molar-refractivity contribution in [2.24, 2.45) is 0 Å². The summed E-state index contributed by atoms with van der Waals surface area (Å²) in [6, 6.07) is 15.3. The Kier molecular flexibility index (Phi) is 9.10. The van der Waals surface area contributed by atoms with E-state index in [-0.39, 0.29) is 0 Å². The number of nitrogens with one attached hydrogen (secondary N) is 2. The minimum Gasteiger partial charge on any atom is -0.497 e. The van der Waals surface area contributed by atoms with Crippen LogP contribution in [-0.2, 0) is 6.42 Å². The molecule has 2 heterocycles. The minimum absolute atomic E-state index is 0.706. The van der Waals surface area contributed by atoms with E-state index in [0.29, 0.717) is 6.04 Å². The molecular formula is C25H33N3OS2. The summed E-state index contributed by atoms with van der Waals surface area (Å²) in [7, 11) is 1.68. The molecule has 0 amide bonds. The van der Waals surface area contributed by atoms with Crippen molar-refractivity contribution in [3.05, 3.63) is 65.2 Å². The maximum Gasteiger partial charge on any atom is 0.183 e. The van der Waals surface area contributed by atoms with Gasteiger partial charge >= 0.3 is 0 Å². The van der Waals surface area contributed by atoms with Crippen molar-refractivity contribution in [3.8, 4) is 5.75 Å². The number of methoxy groups -OCH3 is 1. The second kappa shape index (κ2) is 12.0. The van der Waals surface area contributed by atoms with Crippen molar-refractivity contribution in [2.45, 2.75) is 45.6 Å². The molecule has 1 aliphatic rings. The average molecular weight is 456 g/mol. The zero-order valence-electron chi connectivity index (χ0n) is 18.7. The van der Waals surface area contributed by atoms with Crippen molar-refractivity contribution in [1.29, 1.82) is 0 Å². The van der Waals surface area contributed by atoms with E-state index in [1.807, 2.05) is 30.0 Å². The van der Waals surface area contributed by atoms with Gasteiger partial charge in [-0.25, -0.2) is 4.98 Å². The molecule has 1 fully saturated rings. The predicted octanol–water partition coefficient (Wildman–Crippen LogP) is 6.62. The van der Waals surface area contributed by atoms with Crippen LogP contribution < -0.4 is 15.4 Å². The summed E-state index contributed by atoms with van der Waals surface area (Å²) in [6.45, 7) is 9.09. The van der Waals surface area contributed by atoms with Gasteiger partial charge in [-0.1, -0.05) is 67.5 Å². The van der Waals surface area contributed by atoms with E-state index in [1.54, 1.807) is 18.4 Å². The molecule has 6 heteroatoms. The summed E-state index contributed by atoms with van der Waals surface area (Å²) >= 11 is 3.51. The van der Waals surface area contributed by atoms with E-state index in [1.165, 1.54) is 36.1 Å². The van der Waals surface area contributed by atoms with Gasteiger partial charge in [-0.2, -0.15) is 0 Å². The molecule has 1 atom stereocenters. The first-order valence-electron chi connectivity index (χ1n) is 10.9. The Balaban J connectivity index is 0.000000229. The maximum absolute atomic E-state index is 5.24. The summed E-state index contributed by atoms with van der Waals surface area (Å²) in [5.74, 6) is 2.09. The number of rotatable bonds is 8. The monoisotopic (exact) mass is 455 g/mol. The van der Waals surface area contributed by atoms with Gasteiger partial charge in [0.25, 0.3) is 0 Å². The average Bonchev–Trinajstić information content (AvgIpc) is 3.38. The third kappa shape index (κ3) is 7.47. The number of aryl methyl sites for hydroxylation is 1. The number of thiazole rings is 1. The lowest BCUT2D eigenvalue weighted by molar-refractivity contribution is 0.415. The molecule has 2 N–H and O–H groups in total. The highest BCUT2D eigenvalue weighted by Gasteiger charge is 2.15. The van der Waals surface area contributed by atoms with E-state index in [4.69, 9.17) is 4.74 Å². The van der Waals surface area contributed by atoms with Gasteiger partial charge in [0.05, 0.1) is 22.4 Å². The van der Waals surface area contributed by atoms with Crippen LogP contribution in [0.2, 0.25) is 0 Å². The fourth-order valence-electron chi connectivity index (χ4n) is 3.29. The number of fused-ring (bicyclic) bond motifs is 1. The van der Waals surface area contributed by atoms with Crippen molar-refractivity contribution in [1.82, 2.24) is 10.3 Å². The van der Waals surface area contributed by atoms with Gasteiger partial charge < -0.3 is 15.4 Å². The van der Waals surface area contributed by atoms with Gasteiger partial charge in [-0.05, 0) is 43.5 Å². The Morgan fingerprint density at radius 3 is 2.71 bits per heavy atom. The Morgan fingerprint density at radius 1 is 1.23 bits per heavy atom. The number of thioether (sulfide) groups is 1. The molecule has 0 bridgehead atoms. The molecule has 0 radical (unpaired) electrons.